The molecule has 5 nitrogen and oxygen atoms in total. The van der Waals surface area contributed by atoms with Gasteiger partial charge in [0.1, 0.15) is 11.2 Å². The predicted octanol–water partition coefficient (Wildman–Crippen LogP) is 14.1. The molecule has 11 rings (SSSR count). The van der Waals surface area contributed by atoms with Gasteiger partial charge in [0.25, 0.3) is 0 Å². The molecule has 1 saturated carbocycles. The quantitative estimate of drug-likeness (QED) is 0.161. The van der Waals surface area contributed by atoms with Gasteiger partial charge in [0.05, 0.1) is 11.1 Å². The average Bonchev–Trinajstić information content (AvgIpc) is 3.82. The van der Waals surface area contributed by atoms with Crippen molar-refractivity contribution < 1.29 is 30.2 Å². The maximum Gasteiger partial charge on any atom is 2.00 e. The minimum absolute atomic E-state index is 0. The van der Waals surface area contributed by atoms with Gasteiger partial charge in [-0.2, -0.15) is 28.2 Å². The predicted molar refractivity (Wildman–Crippen MR) is 236 cm³/mol. The molecule has 0 aliphatic heterocycles. The van der Waals surface area contributed by atoms with E-state index in [4.69, 9.17) is 19.1 Å². The number of nitrogens with zero attached hydrogens (tertiary/aromatic N) is 3. The molecular weight excluding hydrogens is 906 g/mol. The van der Waals surface area contributed by atoms with E-state index in [1.807, 2.05) is 6.07 Å². The first-order valence-corrected chi connectivity index (χ1v) is 21.0. The van der Waals surface area contributed by atoms with Crippen LogP contribution in [0.15, 0.2) is 108 Å². The van der Waals surface area contributed by atoms with Crippen molar-refractivity contribution in [1.29, 1.82) is 0 Å². The third kappa shape index (κ3) is 5.82. The van der Waals surface area contributed by atoms with Crippen LogP contribution < -0.4 is 4.74 Å². The van der Waals surface area contributed by atoms with E-state index >= 15 is 0 Å². The fourth-order valence-corrected chi connectivity index (χ4v) is 11.3. The summed E-state index contributed by atoms with van der Waals surface area (Å²) in [6, 6.07) is 41.1. The van der Waals surface area contributed by atoms with Crippen LogP contribution >= 0.6 is 0 Å². The Hall–Kier alpha value is -5.25. The van der Waals surface area contributed by atoms with Crippen molar-refractivity contribution >= 4 is 54.6 Å². The number of benzene rings is 5. The second kappa shape index (κ2) is 13.9. The molecule has 2 aliphatic rings. The molecule has 6 heteroatoms. The summed E-state index contributed by atoms with van der Waals surface area (Å²) >= 11 is 0. The van der Waals surface area contributed by atoms with Crippen LogP contribution in [0.5, 0.6) is 11.6 Å². The molecular formula is C53H47N3O2Pt. The van der Waals surface area contributed by atoms with Crippen LogP contribution in [0.1, 0.15) is 82.1 Å². The summed E-state index contributed by atoms with van der Waals surface area (Å²) < 4.78 is 15.9. The molecule has 1 unspecified atom stereocenters. The number of fused-ring (bicyclic) bond motifs is 9. The van der Waals surface area contributed by atoms with E-state index in [0.29, 0.717) is 23.5 Å². The van der Waals surface area contributed by atoms with Crippen LogP contribution in [0, 0.1) is 37.8 Å². The average molecular weight is 953 g/mol. The zero-order valence-corrected chi connectivity index (χ0v) is 36.8. The van der Waals surface area contributed by atoms with E-state index in [0.717, 1.165) is 71.6 Å². The number of aromatic nitrogens is 3. The molecule has 2 aliphatic carbocycles. The zero-order chi connectivity index (χ0) is 39.5. The second-order valence-corrected chi connectivity index (χ2v) is 18.1. The molecule has 5 aromatic carbocycles. The Labute approximate surface area is 360 Å². The molecule has 59 heavy (non-hydrogen) atoms. The third-order valence-electron chi connectivity index (χ3n) is 14.0. The van der Waals surface area contributed by atoms with Gasteiger partial charge in [0, 0.05) is 39.6 Å². The molecule has 1 fully saturated rings. The SMILES string of the molecule is Cc1c[c-]c(-n2c3ccccc3c3ccc(Oc4[c-]c(-c5cc6c(cn5)C(C)(C)C(C5CCCCC5)C6(C)C)c5oc6c7ccccc7ccc6c5c4)nc32)cc1C.[Pt+2]. The van der Waals surface area contributed by atoms with E-state index in [1.165, 1.54) is 54.4 Å². The number of pyridine rings is 2. The van der Waals surface area contributed by atoms with Crippen molar-refractivity contribution in [3.05, 3.63) is 138 Å². The number of ether oxygens (including phenoxy) is 1. The van der Waals surface area contributed by atoms with Crippen molar-refractivity contribution in [1.82, 2.24) is 14.5 Å². The molecule has 9 aromatic rings. The van der Waals surface area contributed by atoms with Crippen molar-refractivity contribution in [2.45, 2.75) is 84.5 Å². The largest absolute Gasteiger partial charge is 2.00 e. The number of hydrogen-bond acceptors (Lipinski definition) is 4. The van der Waals surface area contributed by atoms with Gasteiger partial charge in [-0.05, 0) is 57.0 Å². The number of furan rings is 1. The van der Waals surface area contributed by atoms with E-state index < -0.39 is 0 Å². The van der Waals surface area contributed by atoms with Crippen molar-refractivity contribution in [3.63, 3.8) is 0 Å². The molecule has 1 atom stereocenters. The Morgan fingerprint density at radius 2 is 1.47 bits per heavy atom. The molecule has 4 aromatic heterocycles. The van der Waals surface area contributed by atoms with Crippen LogP contribution in [-0.4, -0.2) is 14.5 Å². The number of para-hydroxylation sites is 1. The maximum absolute atomic E-state index is 6.91. The number of aryl methyl sites for hydroxylation is 2. The van der Waals surface area contributed by atoms with Gasteiger partial charge in [-0.1, -0.05) is 163 Å². The van der Waals surface area contributed by atoms with Crippen LogP contribution in [0.4, 0.5) is 0 Å². The summed E-state index contributed by atoms with van der Waals surface area (Å²) in [6.07, 6.45) is 8.81. The van der Waals surface area contributed by atoms with Crippen LogP contribution in [0.2, 0.25) is 0 Å². The fourth-order valence-electron chi connectivity index (χ4n) is 11.3. The minimum atomic E-state index is -0.0129. The second-order valence-electron chi connectivity index (χ2n) is 18.1. The first kappa shape index (κ1) is 38.0. The molecule has 0 N–H and O–H groups in total. The first-order chi connectivity index (χ1) is 28.1. The molecule has 4 heterocycles. The van der Waals surface area contributed by atoms with Gasteiger partial charge in [-0.15, -0.1) is 6.07 Å². The monoisotopic (exact) mass is 952 g/mol. The van der Waals surface area contributed by atoms with Gasteiger partial charge in [0.2, 0.25) is 5.88 Å². The van der Waals surface area contributed by atoms with E-state index in [2.05, 4.69) is 155 Å². The molecule has 296 valence electrons. The molecule has 0 bridgehead atoms. The van der Waals surface area contributed by atoms with Crippen LogP contribution in [0.3, 0.4) is 0 Å². The Kier molecular flexibility index (Phi) is 8.96. The van der Waals surface area contributed by atoms with Crippen LogP contribution in [-0.2, 0) is 31.9 Å². The molecule has 0 radical (unpaired) electrons. The Bertz CT molecular complexity index is 3130. The number of hydrogen-bond donors (Lipinski definition) is 0. The van der Waals surface area contributed by atoms with Crippen molar-refractivity contribution in [2.24, 2.45) is 11.8 Å². The minimum Gasteiger partial charge on any atom is -0.500 e. The third-order valence-corrected chi connectivity index (χ3v) is 14.0. The molecule has 0 saturated heterocycles. The first-order valence-electron chi connectivity index (χ1n) is 21.0. The van der Waals surface area contributed by atoms with E-state index in [-0.39, 0.29) is 31.9 Å². The van der Waals surface area contributed by atoms with E-state index in [9.17, 15) is 0 Å². The van der Waals surface area contributed by atoms with Gasteiger partial charge in [0.15, 0.2) is 0 Å². The summed E-state index contributed by atoms with van der Waals surface area (Å²) in [4.78, 5) is 10.5. The Morgan fingerprint density at radius 1 is 0.729 bits per heavy atom. The van der Waals surface area contributed by atoms with Gasteiger partial charge in [-0.25, -0.2) is 0 Å². The Morgan fingerprint density at radius 3 is 2.29 bits per heavy atom. The summed E-state index contributed by atoms with van der Waals surface area (Å²) in [5, 5.41) is 6.40. The summed E-state index contributed by atoms with van der Waals surface area (Å²) in [6.45, 7) is 14.1. The standard InChI is InChI=1S/C53H47N3O2.Pt/c1-31-20-22-35(26-32(31)2)56-46-19-13-12-18-38(46)40-24-25-47(55-51(40)56)57-36-27-41-39-23-21-33-14-10-11-17-37(33)48(39)58-49(41)42(28-36)45-29-43-44(30-54-45)53(5,6)50(52(43,3)4)34-15-8-7-9-16-34;/h10-14,17-21,23-27,29-30,34,50H,7-9,15-16H2,1-6H3;/q-2;+2. The van der Waals surface area contributed by atoms with Crippen molar-refractivity contribution in [3.8, 4) is 28.6 Å². The summed E-state index contributed by atoms with van der Waals surface area (Å²) in [5.41, 5.74) is 11.3. The van der Waals surface area contributed by atoms with E-state index in [1.54, 1.807) is 0 Å². The van der Waals surface area contributed by atoms with Crippen molar-refractivity contribution in [2.75, 3.05) is 0 Å². The van der Waals surface area contributed by atoms with Gasteiger partial charge >= 0.3 is 21.1 Å². The molecule has 0 amide bonds. The van der Waals surface area contributed by atoms with Crippen LogP contribution in [0.25, 0.3) is 71.6 Å². The summed E-state index contributed by atoms with van der Waals surface area (Å²) in [5.74, 6) is 2.30. The number of rotatable bonds is 5. The van der Waals surface area contributed by atoms with Gasteiger partial charge < -0.3 is 18.7 Å². The Balaban J connectivity index is 0.00000420. The molecule has 0 spiro atoms. The topological polar surface area (TPSA) is 53.1 Å². The zero-order valence-electron chi connectivity index (χ0n) is 34.5. The smallest absolute Gasteiger partial charge is 0.500 e. The fraction of sp³-hybridized carbons (Fsp3) is 0.283. The van der Waals surface area contributed by atoms with Gasteiger partial charge in [-0.3, -0.25) is 0 Å². The summed E-state index contributed by atoms with van der Waals surface area (Å²) in [7, 11) is 0. The maximum atomic E-state index is 6.91. The normalized spacial score (nSPS) is 17.6.